The largest absolute Gasteiger partial charge is 0.478 e. The SMILES string of the molecule is N#CCc1ccc(-n2nnc3ccc(C(=O)O)cc32)cc1. The van der Waals surface area contributed by atoms with E-state index >= 15 is 0 Å². The first-order valence-corrected chi connectivity index (χ1v) is 6.24. The second-order valence-corrected chi connectivity index (χ2v) is 4.51. The lowest BCUT2D eigenvalue weighted by Gasteiger charge is -2.03. The molecule has 3 rings (SSSR count). The smallest absolute Gasteiger partial charge is 0.335 e. The van der Waals surface area contributed by atoms with Gasteiger partial charge >= 0.3 is 5.97 Å². The molecule has 6 nitrogen and oxygen atoms in total. The molecule has 0 radical (unpaired) electrons. The van der Waals surface area contributed by atoms with Crippen LogP contribution in [0.2, 0.25) is 0 Å². The summed E-state index contributed by atoms with van der Waals surface area (Å²) in [5, 5.41) is 25.8. The minimum absolute atomic E-state index is 0.187. The van der Waals surface area contributed by atoms with Crippen LogP contribution in [0.25, 0.3) is 16.7 Å². The molecule has 0 unspecified atom stereocenters. The summed E-state index contributed by atoms with van der Waals surface area (Å²) in [7, 11) is 0. The number of hydrogen-bond acceptors (Lipinski definition) is 4. The van der Waals surface area contributed by atoms with Gasteiger partial charge in [0, 0.05) is 0 Å². The molecule has 2 aromatic carbocycles. The van der Waals surface area contributed by atoms with Crippen LogP contribution >= 0.6 is 0 Å². The lowest BCUT2D eigenvalue weighted by molar-refractivity contribution is 0.0697. The fourth-order valence-corrected chi connectivity index (χ4v) is 2.09. The normalized spacial score (nSPS) is 10.4. The quantitative estimate of drug-likeness (QED) is 0.792. The van der Waals surface area contributed by atoms with Gasteiger partial charge in [0.25, 0.3) is 0 Å². The van der Waals surface area contributed by atoms with E-state index in [1.807, 2.05) is 24.3 Å². The number of nitrogens with zero attached hydrogens (tertiary/aromatic N) is 4. The molecule has 0 aliphatic rings. The summed E-state index contributed by atoms with van der Waals surface area (Å²) in [6.07, 6.45) is 0.349. The summed E-state index contributed by atoms with van der Waals surface area (Å²) < 4.78 is 1.58. The average Bonchev–Trinajstić information content (AvgIpc) is 2.91. The summed E-state index contributed by atoms with van der Waals surface area (Å²) in [4.78, 5) is 11.1. The Morgan fingerprint density at radius 2 is 2.00 bits per heavy atom. The number of hydrogen-bond donors (Lipinski definition) is 1. The summed E-state index contributed by atoms with van der Waals surface area (Å²) in [6.45, 7) is 0. The van der Waals surface area contributed by atoms with Crippen molar-refractivity contribution in [2.24, 2.45) is 0 Å². The highest BCUT2D eigenvalue weighted by molar-refractivity contribution is 5.92. The Balaban J connectivity index is 2.09. The molecule has 0 spiro atoms. The van der Waals surface area contributed by atoms with Crippen molar-refractivity contribution in [3.8, 4) is 11.8 Å². The maximum Gasteiger partial charge on any atom is 0.335 e. The topological polar surface area (TPSA) is 91.8 Å². The average molecular weight is 278 g/mol. The Hall–Kier alpha value is -3.20. The summed E-state index contributed by atoms with van der Waals surface area (Å²) in [6, 6.07) is 14.1. The molecule has 6 heteroatoms. The molecule has 102 valence electrons. The standard InChI is InChI=1S/C15H10N4O2/c16-8-7-10-1-4-12(5-2-10)19-14-9-11(15(20)21)3-6-13(14)17-18-19/h1-6,9H,7H2,(H,20,21). The molecule has 0 aliphatic carbocycles. The van der Waals surface area contributed by atoms with Crippen LogP contribution in [0.3, 0.4) is 0 Å². The molecule has 0 aliphatic heterocycles. The minimum atomic E-state index is -0.992. The zero-order valence-electron chi connectivity index (χ0n) is 10.9. The third-order valence-corrected chi connectivity index (χ3v) is 3.16. The summed E-state index contributed by atoms with van der Waals surface area (Å²) in [5.41, 5.74) is 3.12. The van der Waals surface area contributed by atoms with Gasteiger partial charge in [0.05, 0.1) is 29.3 Å². The van der Waals surface area contributed by atoms with Crippen molar-refractivity contribution in [3.63, 3.8) is 0 Å². The van der Waals surface area contributed by atoms with Crippen molar-refractivity contribution in [3.05, 3.63) is 53.6 Å². The van der Waals surface area contributed by atoms with Gasteiger partial charge in [-0.3, -0.25) is 0 Å². The minimum Gasteiger partial charge on any atom is -0.478 e. The molecule has 1 N–H and O–H groups in total. The van der Waals surface area contributed by atoms with Gasteiger partial charge in [0.2, 0.25) is 0 Å². The second-order valence-electron chi connectivity index (χ2n) is 4.51. The van der Waals surface area contributed by atoms with E-state index in [4.69, 9.17) is 10.4 Å². The molecular formula is C15H10N4O2. The molecule has 0 saturated heterocycles. The molecule has 0 atom stereocenters. The monoisotopic (exact) mass is 278 g/mol. The van der Waals surface area contributed by atoms with Gasteiger partial charge in [-0.15, -0.1) is 5.10 Å². The fraction of sp³-hybridized carbons (Fsp3) is 0.0667. The van der Waals surface area contributed by atoms with Crippen molar-refractivity contribution in [1.29, 1.82) is 5.26 Å². The predicted molar refractivity (Wildman–Crippen MR) is 75.1 cm³/mol. The molecule has 0 saturated carbocycles. The van der Waals surface area contributed by atoms with Crippen LogP contribution in [0.4, 0.5) is 0 Å². The van der Waals surface area contributed by atoms with Gasteiger partial charge in [-0.2, -0.15) is 5.26 Å². The predicted octanol–water partition coefficient (Wildman–Crippen LogP) is 2.18. The van der Waals surface area contributed by atoms with Crippen molar-refractivity contribution < 1.29 is 9.90 Å². The molecular weight excluding hydrogens is 268 g/mol. The number of fused-ring (bicyclic) bond motifs is 1. The van der Waals surface area contributed by atoms with E-state index in [9.17, 15) is 4.79 Å². The van der Waals surface area contributed by atoms with Crippen LogP contribution in [-0.4, -0.2) is 26.1 Å². The van der Waals surface area contributed by atoms with E-state index in [2.05, 4.69) is 16.4 Å². The Bertz CT molecular complexity index is 860. The number of carbonyl (C=O) groups is 1. The third-order valence-electron chi connectivity index (χ3n) is 3.16. The van der Waals surface area contributed by atoms with E-state index in [1.54, 1.807) is 16.8 Å². The first-order valence-electron chi connectivity index (χ1n) is 6.24. The highest BCUT2D eigenvalue weighted by Crippen LogP contribution is 2.18. The summed E-state index contributed by atoms with van der Waals surface area (Å²) in [5.74, 6) is -0.992. The maximum atomic E-state index is 11.1. The number of carboxylic acid groups (broad SMARTS) is 1. The first-order chi connectivity index (χ1) is 10.2. The Kier molecular flexibility index (Phi) is 3.09. The van der Waals surface area contributed by atoms with Gasteiger partial charge in [-0.25, -0.2) is 9.48 Å². The fourth-order valence-electron chi connectivity index (χ4n) is 2.09. The maximum absolute atomic E-state index is 11.1. The van der Waals surface area contributed by atoms with E-state index in [0.717, 1.165) is 11.3 Å². The number of benzene rings is 2. The highest BCUT2D eigenvalue weighted by Gasteiger charge is 2.10. The number of rotatable bonds is 3. The van der Waals surface area contributed by atoms with E-state index < -0.39 is 5.97 Å². The number of nitriles is 1. The van der Waals surface area contributed by atoms with Crippen LogP contribution in [0.15, 0.2) is 42.5 Å². The van der Waals surface area contributed by atoms with Crippen molar-refractivity contribution in [2.45, 2.75) is 6.42 Å². The van der Waals surface area contributed by atoms with Crippen LogP contribution in [0, 0.1) is 11.3 Å². The molecule has 3 aromatic rings. The zero-order chi connectivity index (χ0) is 14.8. The third kappa shape index (κ3) is 2.32. The van der Waals surface area contributed by atoms with Gasteiger partial charge in [0.1, 0.15) is 5.52 Å². The van der Waals surface area contributed by atoms with Crippen LogP contribution in [0.1, 0.15) is 15.9 Å². The molecule has 1 aromatic heterocycles. The molecule has 0 bridgehead atoms. The molecule has 21 heavy (non-hydrogen) atoms. The lowest BCUT2D eigenvalue weighted by atomic mass is 10.1. The highest BCUT2D eigenvalue weighted by atomic mass is 16.4. The molecule has 0 fully saturated rings. The van der Waals surface area contributed by atoms with E-state index in [-0.39, 0.29) is 5.56 Å². The lowest BCUT2D eigenvalue weighted by Crippen LogP contribution is -1.99. The Morgan fingerprint density at radius 3 is 2.67 bits per heavy atom. The van der Waals surface area contributed by atoms with Gasteiger partial charge in [0.15, 0.2) is 0 Å². The Labute approximate surface area is 119 Å². The van der Waals surface area contributed by atoms with Crippen LogP contribution < -0.4 is 0 Å². The van der Waals surface area contributed by atoms with Gasteiger partial charge in [-0.05, 0) is 35.9 Å². The summed E-state index contributed by atoms with van der Waals surface area (Å²) >= 11 is 0. The van der Waals surface area contributed by atoms with Gasteiger partial charge in [-0.1, -0.05) is 17.3 Å². The zero-order valence-corrected chi connectivity index (χ0v) is 10.9. The Morgan fingerprint density at radius 1 is 1.24 bits per heavy atom. The van der Waals surface area contributed by atoms with Crippen molar-refractivity contribution in [2.75, 3.05) is 0 Å². The van der Waals surface area contributed by atoms with Gasteiger partial charge < -0.3 is 5.11 Å². The van der Waals surface area contributed by atoms with Crippen LogP contribution in [-0.2, 0) is 6.42 Å². The van der Waals surface area contributed by atoms with E-state index in [0.29, 0.717) is 17.5 Å². The number of aromatic nitrogens is 3. The molecule has 0 amide bonds. The first kappa shape index (κ1) is 12.8. The van der Waals surface area contributed by atoms with Crippen molar-refractivity contribution in [1.82, 2.24) is 15.0 Å². The number of aromatic carboxylic acids is 1. The van der Waals surface area contributed by atoms with Crippen LogP contribution in [0.5, 0.6) is 0 Å². The second kappa shape index (κ2) is 5.06. The molecule has 1 heterocycles. The van der Waals surface area contributed by atoms with E-state index in [1.165, 1.54) is 6.07 Å². The van der Waals surface area contributed by atoms with Crippen molar-refractivity contribution >= 4 is 17.0 Å². The number of carboxylic acids is 1.